The van der Waals surface area contributed by atoms with E-state index in [0.717, 1.165) is 5.56 Å². The Bertz CT molecular complexity index is 572. The summed E-state index contributed by atoms with van der Waals surface area (Å²) in [5.74, 6) is -0.536. The number of halogens is 1. The van der Waals surface area contributed by atoms with Crippen molar-refractivity contribution in [2.75, 3.05) is 5.32 Å². The van der Waals surface area contributed by atoms with Crippen LogP contribution in [0.25, 0.3) is 0 Å². The molecule has 0 aliphatic carbocycles. The summed E-state index contributed by atoms with van der Waals surface area (Å²) in [5, 5.41) is 12.5. The molecular formula is C13H11ClN2O2. The normalized spacial score (nSPS) is 10.1. The highest BCUT2D eigenvalue weighted by Gasteiger charge is 2.05. The first kappa shape index (κ1) is 12.4. The van der Waals surface area contributed by atoms with Crippen LogP contribution < -0.4 is 5.32 Å². The molecule has 0 aliphatic rings. The molecule has 2 N–H and O–H groups in total. The van der Waals surface area contributed by atoms with Gasteiger partial charge in [-0.1, -0.05) is 35.9 Å². The number of carboxylic acids is 1. The Morgan fingerprint density at radius 2 is 2.00 bits per heavy atom. The van der Waals surface area contributed by atoms with Crippen molar-refractivity contribution in [2.45, 2.75) is 6.54 Å². The predicted molar refractivity (Wildman–Crippen MR) is 70.0 cm³/mol. The molecule has 1 aromatic heterocycles. The van der Waals surface area contributed by atoms with E-state index in [1.807, 2.05) is 18.2 Å². The van der Waals surface area contributed by atoms with Gasteiger partial charge in [0, 0.05) is 11.6 Å². The minimum atomic E-state index is -1.05. The maximum atomic E-state index is 10.8. The average molecular weight is 263 g/mol. The topological polar surface area (TPSA) is 62.2 Å². The van der Waals surface area contributed by atoms with Gasteiger partial charge >= 0.3 is 5.97 Å². The first-order valence-corrected chi connectivity index (χ1v) is 5.72. The Kier molecular flexibility index (Phi) is 3.79. The minimum Gasteiger partial charge on any atom is -0.477 e. The number of hydrogen-bond donors (Lipinski definition) is 2. The second kappa shape index (κ2) is 5.51. The number of rotatable bonds is 4. The number of carbonyl (C=O) groups is 1. The monoisotopic (exact) mass is 262 g/mol. The van der Waals surface area contributed by atoms with E-state index < -0.39 is 5.97 Å². The zero-order valence-electron chi connectivity index (χ0n) is 9.43. The zero-order chi connectivity index (χ0) is 13.0. The summed E-state index contributed by atoms with van der Waals surface area (Å²) < 4.78 is 0. The smallest absolute Gasteiger partial charge is 0.354 e. The van der Waals surface area contributed by atoms with E-state index in [4.69, 9.17) is 16.7 Å². The van der Waals surface area contributed by atoms with Crippen LogP contribution in [0, 0.1) is 0 Å². The Morgan fingerprint density at radius 1 is 1.22 bits per heavy atom. The molecule has 92 valence electrons. The number of aromatic nitrogens is 1. The Morgan fingerprint density at radius 3 is 2.72 bits per heavy atom. The van der Waals surface area contributed by atoms with E-state index in [1.54, 1.807) is 18.2 Å². The summed E-state index contributed by atoms with van der Waals surface area (Å²) in [4.78, 5) is 14.7. The van der Waals surface area contributed by atoms with E-state index >= 15 is 0 Å². The molecule has 0 atom stereocenters. The molecule has 0 amide bonds. The Hall–Kier alpha value is -2.07. The maximum Gasteiger partial charge on any atom is 0.354 e. The lowest BCUT2D eigenvalue weighted by Crippen LogP contribution is -2.05. The number of benzene rings is 1. The standard InChI is InChI=1S/C13H11ClN2O2/c14-10-5-2-1-4-9(10)8-15-12-7-3-6-11(16-12)13(17)18/h1-7H,8H2,(H,15,16)(H,17,18). The van der Waals surface area contributed by atoms with Gasteiger partial charge in [-0.25, -0.2) is 9.78 Å². The third-order valence-electron chi connectivity index (χ3n) is 2.39. The fraction of sp³-hybridized carbons (Fsp3) is 0.0769. The van der Waals surface area contributed by atoms with E-state index in [-0.39, 0.29) is 5.69 Å². The number of hydrogen-bond acceptors (Lipinski definition) is 3. The third kappa shape index (κ3) is 2.99. The summed E-state index contributed by atoms with van der Waals surface area (Å²) in [6, 6.07) is 12.3. The van der Waals surface area contributed by atoms with E-state index in [1.165, 1.54) is 6.07 Å². The highest BCUT2D eigenvalue weighted by Crippen LogP contribution is 2.16. The number of aromatic carboxylic acids is 1. The molecule has 0 aliphatic heterocycles. The second-order valence-corrected chi connectivity index (χ2v) is 4.07. The van der Waals surface area contributed by atoms with Crippen LogP contribution in [0.5, 0.6) is 0 Å². The molecular weight excluding hydrogens is 252 g/mol. The van der Waals surface area contributed by atoms with E-state index in [2.05, 4.69) is 10.3 Å². The second-order valence-electron chi connectivity index (χ2n) is 3.66. The highest BCUT2D eigenvalue weighted by atomic mass is 35.5. The SMILES string of the molecule is O=C(O)c1cccc(NCc2ccccc2Cl)n1. The van der Waals surface area contributed by atoms with Crippen LogP contribution in [0.2, 0.25) is 5.02 Å². The van der Waals surface area contributed by atoms with Crippen molar-refractivity contribution in [1.82, 2.24) is 4.98 Å². The van der Waals surface area contributed by atoms with Crippen molar-refractivity contribution in [3.63, 3.8) is 0 Å². The Balaban J connectivity index is 2.09. The summed E-state index contributed by atoms with van der Waals surface area (Å²) >= 11 is 6.02. The Labute approximate surface area is 109 Å². The van der Waals surface area contributed by atoms with Crippen molar-refractivity contribution >= 4 is 23.4 Å². The molecule has 0 radical (unpaired) electrons. The molecule has 1 aromatic carbocycles. The molecule has 2 aromatic rings. The van der Waals surface area contributed by atoms with Crippen LogP contribution in [0.3, 0.4) is 0 Å². The van der Waals surface area contributed by atoms with Crippen LogP contribution >= 0.6 is 11.6 Å². The van der Waals surface area contributed by atoms with Gasteiger partial charge < -0.3 is 10.4 Å². The first-order valence-electron chi connectivity index (χ1n) is 5.34. The van der Waals surface area contributed by atoms with Crippen LogP contribution in [-0.4, -0.2) is 16.1 Å². The van der Waals surface area contributed by atoms with Crippen molar-refractivity contribution in [3.8, 4) is 0 Å². The summed E-state index contributed by atoms with van der Waals surface area (Å²) in [7, 11) is 0. The molecule has 4 nitrogen and oxygen atoms in total. The molecule has 2 rings (SSSR count). The van der Waals surface area contributed by atoms with Gasteiger partial charge in [-0.15, -0.1) is 0 Å². The van der Waals surface area contributed by atoms with Gasteiger partial charge in [-0.3, -0.25) is 0 Å². The molecule has 0 saturated carbocycles. The van der Waals surface area contributed by atoms with Gasteiger partial charge in [-0.05, 0) is 23.8 Å². The molecule has 5 heteroatoms. The highest BCUT2D eigenvalue weighted by molar-refractivity contribution is 6.31. The quantitative estimate of drug-likeness (QED) is 0.889. The first-order chi connectivity index (χ1) is 8.66. The molecule has 0 unspecified atom stereocenters. The lowest BCUT2D eigenvalue weighted by Gasteiger charge is -2.07. The van der Waals surface area contributed by atoms with Gasteiger partial charge in [0.25, 0.3) is 0 Å². The maximum absolute atomic E-state index is 10.8. The number of nitrogens with zero attached hydrogens (tertiary/aromatic N) is 1. The van der Waals surface area contributed by atoms with Crippen molar-refractivity contribution in [2.24, 2.45) is 0 Å². The van der Waals surface area contributed by atoms with E-state index in [0.29, 0.717) is 17.4 Å². The number of carboxylic acid groups (broad SMARTS) is 1. The summed E-state index contributed by atoms with van der Waals surface area (Å²) in [6.07, 6.45) is 0. The van der Waals surface area contributed by atoms with Crippen LogP contribution in [-0.2, 0) is 6.54 Å². The summed E-state index contributed by atoms with van der Waals surface area (Å²) in [5.41, 5.74) is 0.945. The van der Waals surface area contributed by atoms with Gasteiger partial charge in [0.15, 0.2) is 5.69 Å². The van der Waals surface area contributed by atoms with Crippen molar-refractivity contribution in [1.29, 1.82) is 0 Å². The molecule has 1 heterocycles. The molecule has 0 fully saturated rings. The zero-order valence-corrected chi connectivity index (χ0v) is 10.2. The van der Waals surface area contributed by atoms with Gasteiger partial charge in [0.05, 0.1) is 0 Å². The fourth-order valence-electron chi connectivity index (χ4n) is 1.48. The summed E-state index contributed by atoms with van der Waals surface area (Å²) in [6.45, 7) is 0.496. The van der Waals surface area contributed by atoms with Gasteiger partial charge in [0.1, 0.15) is 5.82 Å². The minimum absolute atomic E-state index is 0.0131. The number of nitrogens with one attached hydrogen (secondary N) is 1. The lowest BCUT2D eigenvalue weighted by molar-refractivity contribution is 0.0690. The largest absolute Gasteiger partial charge is 0.477 e. The average Bonchev–Trinajstić information content (AvgIpc) is 2.38. The predicted octanol–water partition coefficient (Wildman–Crippen LogP) is 3.05. The number of pyridine rings is 1. The van der Waals surface area contributed by atoms with Crippen molar-refractivity contribution < 1.29 is 9.90 Å². The van der Waals surface area contributed by atoms with Crippen LogP contribution in [0.15, 0.2) is 42.5 Å². The van der Waals surface area contributed by atoms with Crippen LogP contribution in [0.4, 0.5) is 5.82 Å². The molecule has 0 bridgehead atoms. The third-order valence-corrected chi connectivity index (χ3v) is 2.75. The fourth-order valence-corrected chi connectivity index (χ4v) is 1.68. The van der Waals surface area contributed by atoms with E-state index in [9.17, 15) is 4.79 Å². The van der Waals surface area contributed by atoms with Crippen LogP contribution in [0.1, 0.15) is 16.1 Å². The van der Waals surface area contributed by atoms with Crippen molar-refractivity contribution in [3.05, 3.63) is 58.7 Å². The molecule has 18 heavy (non-hydrogen) atoms. The number of anilines is 1. The molecule has 0 spiro atoms. The van der Waals surface area contributed by atoms with Gasteiger partial charge in [-0.2, -0.15) is 0 Å². The lowest BCUT2D eigenvalue weighted by atomic mass is 10.2. The molecule has 0 saturated heterocycles. The van der Waals surface area contributed by atoms with Gasteiger partial charge in [0.2, 0.25) is 0 Å².